The summed E-state index contributed by atoms with van der Waals surface area (Å²) in [5, 5.41) is 11.1. The minimum Gasteiger partial charge on any atom is -0.483 e. The number of anilines is 1. The summed E-state index contributed by atoms with van der Waals surface area (Å²) < 4.78 is 11.3. The minimum atomic E-state index is -0.221. The fourth-order valence-electron chi connectivity index (χ4n) is 2.80. The van der Waals surface area contributed by atoms with E-state index < -0.39 is 0 Å². The van der Waals surface area contributed by atoms with Crippen molar-refractivity contribution in [3.63, 3.8) is 0 Å². The van der Waals surface area contributed by atoms with E-state index in [1.165, 1.54) is 0 Å². The van der Waals surface area contributed by atoms with Crippen LogP contribution >= 0.6 is 18.5 Å². The van der Waals surface area contributed by atoms with Gasteiger partial charge in [0.15, 0.2) is 0 Å². The molecule has 0 bridgehead atoms. The highest BCUT2D eigenvalue weighted by Gasteiger charge is 2.12. The van der Waals surface area contributed by atoms with E-state index in [2.05, 4.69) is 34.0 Å². The number of hydrogen-bond acceptors (Lipinski definition) is 5. The lowest BCUT2D eigenvalue weighted by molar-refractivity contribution is 0.102. The molecule has 2 unspecified atom stereocenters. The Balaban J connectivity index is 1.45. The van der Waals surface area contributed by atoms with Gasteiger partial charge in [-0.05, 0) is 54.6 Å². The van der Waals surface area contributed by atoms with Crippen molar-refractivity contribution in [2.75, 3.05) is 5.32 Å². The largest absolute Gasteiger partial charge is 0.483 e. The summed E-state index contributed by atoms with van der Waals surface area (Å²) in [6, 6.07) is 23.8. The number of ether oxygens (including phenoxy) is 1. The topological polar surface area (TPSA) is 77.3 Å². The Morgan fingerprint density at radius 3 is 2.20 bits per heavy atom. The van der Waals surface area contributed by atoms with E-state index in [4.69, 9.17) is 9.15 Å². The summed E-state index contributed by atoms with van der Waals surface area (Å²) in [5.74, 6) is 1.28. The van der Waals surface area contributed by atoms with Crippen molar-refractivity contribution in [1.82, 2.24) is 10.2 Å². The Morgan fingerprint density at radius 2 is 1.53 bits per heavy atom. The van der Waals surface area contributed by atoms with Crippen LogP contribution in [0.4, 0.5) is 5.69 Å². The van der Waals surface area contributed by atoms with Crippen molar-refractivity contribution < 1.29 is 13.9 Å². The Hall–Kier alpha value is -3.07. The number of aromatic nitrogens is 2. The van der Waals surface area contributed by atoms with Crippen LogP contribution in [0.2, 0.25) is 0 Å². The van der Waals surface area contributed by atoms with Crippen LogP contribution in [0, 0.1) is 0 Å². The average molecular weight is 435 g/mol. The molecule has 1 amide bonds. The first-order valence-corrected chi connectivity index (χ1v) is 10.5. The van der Waals surface area contributed by atoms with Crippen molar-refractivity contribution in [3.05, 3.63) is 84.4 Å². The maximum absolute atomic E-state index is 12.5. The molecule has 0 aliphatic carbocycles. The molecule has 0 aliphatic rings. The summed E-state index contributed by atoms with van der Waals surface area (Å²) in [7, 11) is 5.04. The van der Waals surface area contributed by atoms with Gasteiger partial charge < -0.3 is 14.5 Å². The molecule has 8 heteroatoms. The number of amides is 1. The number of rotatable bonds is 6. The summed E-state index contributed by atoms with van der Waals surface area (Å²) in [5.41, 5.74) is 2.68. The van der Waals surface area contributed by atoms with E-state index in [1.807, 2.05) is 42.5 Å². The zero-order valence-corrected chi connectivity index (χ0v) is 18.2. The third-order valence-corrected chi connectivity index (χ3v) is 4.48. The van der Waals surface area contributed by atoms with Crippen LogP contribution in [0.15, 0.2) is 83.3 Å². The predicted molar refractivity (Wildman–Crippen MR) is 123 cm³/mol. The van der Waals surface area contributed by atoms with Gasteiger partial charge in [0.1, 0.15) is 11.3 Å². The molecule has 6 nitrogen and oxygen atoms in total. The molecule has 4 aromatic rings. The molecular formula is C22H19N3O3P2. The summed E-state index contributed by atoms with van der Waals surface area (Å²) in [6.07, 6.45) is 0. The number of nitrogens with one attached hydrogen (secondary N) is 1. The SMILES string of the molecule is O=C(Nc1ccc(-c2nnc(-c3ccccc3)o2)cc1)c1cccc(OC(P)P)c1. The van der Waals surface area contributed by atoms with Crippen molar-refractivity contribution in [2.24, 2.45) is 0 Å². The van der Waals surface area contributed by atoms with Gasteiger partial charge in [0.25, 0.3) is 5.91 Å². The quantitative estimate of drug-likeness (QED) is 0.428. The normalized spacial score (nSPS) is 10.8. The summed E-state index contributed by atoms with van der Waals surface area (Å²) in [4.78, 5) is 12.5. The van der Waals surface area contributed by atoms with Gasteiger partial charge in [-0.2, -0.15) is 0 Å². The molecule has 30 heavy (non-hydrogen) atoms. The van der Waals surface area contributed by atoms with Crippen molar-refractivity contribution >= 4 is 30.1 Å². The fraction of sp³-hybridized carbons (Fsp3) is 0.0455. The standard InChI is InChI=1S/C22H19N3O3P2/c26-19(16-7-4-8-18(13-16)27-22(29)30)23-17-11-9-15(10-12-17)21-25-24-20(28-21)14-5-2-1-3-6-14/h1-13,22H,29-30H2,(H,23,26). The van der Waals surface area contributed by atoms with E-state index in [9.17, 15) is 4.79 Å². The average Bonchev–Trinajstić information content (AvgIpc) is 3.25. The Bertz CT molecular complexity index is 1150. The fourth-order valence-corrected chi connectivity index (χ4v) is 3.12. The van der Waals surface area contributed by atoms with Crippen LogP contribution < -0.4 is 10.1 Å². The Morgan fingerprint density at radius 1 is 0.867 bits per heavy atom. The molecule has 0 saturated heterocycles. The van der Waals surface area contributed by atoms with E-state index in [-0.39, 0.29) is 11.5 Å². The van der Waals surface area contributed by atoms with Gasteiger partial charge in [-0.25, -0.2) is 0 Å². The summed E-state index contributed by atoms with van der Waals surface area (Å²) in [6.45, 7) is 0. The lowest BCUT2D eigenvalue weighted by Gasteiger charge is -2.11. The number of carbonyl (C=O) groups is 1. The molecule has 4 rings (SSSR count). The number of carbonyl (C=O) groups excluding carboxylic acids is 1. The van der Waals surface area contributed by atoms with Crippen molar-refractivity contribution in [3.8, 4) is 28.7 Å². The third kappa shape index (κ3) is 4.91. The number of nitrogens with zero attached hydrogens (tertiary/aromatic N) is 2. The second kappa shape index (κ2) is 9.17. The Labute approximate surface area is 178 Å². The molecule has 3 aromatic carbocycles. The van der Waals surface area contributed by atoms with Crippen LogP contribution in [-0.2, 0) is 0 Å². The van der Waals surface area contributed by atoms with Crippen LogP contribution in [0.25, 0.3) is 22.9 Å². The maximum atomic E-state index is 12.5. The number of hydrogen-bond donors (Lipinski definition) is 1. The van der Waals surface area contributed by atoms with E-state index in [0.717, 1.165) is 11.1 Å². The van der Waals surface area contributed by atoms with Crippen molar-refractivity contribution in [2.45, 2.75) is 5.59 Å². The molecule has 0 aliphatic heterocycles. The highest BCUT2D eigenvalue weighted by molar-refractivity contribution is 7.37. The highest BCUT2D eigenvalue weighted by atomic mass is 31.1. The minimum absolute atomic E-state index is 0.122. The van der Waals surface area contributed by atoms with Crippen LogP contribution in [0.3, 0.4) is 0 Å². The lowest BCUT2D eigenvalue weighted by atomic mass is 10.1. The van der Waals surface area contributed by atoms with Gasteiger partial charge in [0.05, 0.1) is 0 Å². The molecule has 0 spiro atoms. The first-order valence-electron chi connectivity index (χ1n) is 9.17. The van der Waals surface area contributed by atoms with E-state index >= 15 is 0 Å². The first kappa shape index (κ1) is 20.2. The predicted octanol–water partition coefficient (Wildman–Crippen LogP) is 5.07. The first-order chi connectivity index (χ1) is 14.6. The van der Waals surface area contributed by atoms with Gasteiger partial charge in [0.2, 0.25) is 11.8 Å². The maximum Gasteiger partial charge on any atom is 0.255 e. The molecule has 1 aromatic heterocycles. The second-order valence-electron chi connectivity index (χ2n) is 6.42. The molecular weight excluding hydrogens is 416 g/mol. The molecule has 1 heterocycles. The zero-order chi connectivity index (χ0) is 20.9. The summed E-state index contributed by atoms with van der Waals surface area (Å²) >= 11 is 0. The third-order valence-electron chi connectivity index (χ3n) is 4.20. The molecule has 0 saturated carbocycles. The van der Waals surface area contributed by atoms with Crippen LogP contribution in [0.1, 0.15) is 10.4 Å². The molecule has 1 N–H and O–H groups in total. The van der Waals surface area contributed by atoms with Gasteiger partial charge in [-0.1, -0.05) is 42.7 Å². The van der Waals surface area contributed by atoms with Gasteiger partial charge in [0, 0.05) is 22.4 Å². The smallest absolute Gasteiger partial charge is 0.255 e. The van der Waals surface area contributed by atoms with E-state index in [0.29, 0.717) is 28.8 Å². The van der Waals surface area contributed by atoms with Gasteiger partial charge in [-0.3, -0.25) is 4.79 Å². The van der Waals surface area contributed by atoms with Crippen LogP contribution in [-0.4, -0.2) is 21.7 Å². The highest BCUT2D eigenvalue weighted by Crippen LogP contribution is 2.25. The van der Waals surface area contributed by atoms with Crippen LogP contribution in [0.5, 0.6) is 5.75 Å². The van der Waals surface area contributed by atoms with Gasteiger partial charge in [-0.15, -0.1) is 10.2 Å². The monoisotopic (exact) mass is 435 g/mol. The molecule has 150 valence electrons. The number of benzene rings is 3. The molecule has 0 radical (unpaired) electrons. The van der Waals surface area contributed by atoms with E-state index in [1.54, 1.807) is 36.4 Å². The lowest BCUT2D eigenvalue weighted by Crippen LogP contribution is -2.12. The second-order valence-corrected chi connectivity index (χ2v) is 8.50. The zero-order valence-electron chi connectivity index (χ0n) is 15.9. The Kier molecular flexibility index (Phi) is 6.18. The van der Waals surface area contributed by atoms with Gasteiger partial charge >= 0.3 is 0 Å². The molecule has 0 fully saturated rings. The van der Waals surface area contributed by atoms with Crippen molar-refractivity contribution in [1.29, 1.82) is 0 Å². The molecule has 2 atom stereocenters.